The summed E-state index contributed by atoms with van der Waals surface area (Å²) < 4.78 is 13.9. The van der Waals surface area contributed by atoms with E-state index in [1.165, 1.54) is 10.9 Å². The van der Waals surface area contributed by atoms with Gasteiger partial charge < -0.3 is 14.4 Å². The number of aromatic nitrogens is 5. The molecule has 0 radical (unpaired) electrons. The summed E-state index contributed by atoms with van der Waals surface area (Å²) in [6.07, 6.45) is 1.54. The van der Waals surface area contributed by atoms with Crippen molar-refractivity contribution in [2.24, 2.45) is 0 Å². The molecular weight excluding hydrogens is 398 g/mol. The maximum atomic E-state index is 13.4. The Morgan fingerprint density at radius 2 is 2.10 bits per heavy atom. The van der Waals surface area contributed by atoms with Gasteiger partial charge in [-0.05, 0) is 39.0 Å². The highest BCUT2D eigenvalue weighted by Crippen LogP contribution is 2.28. The minimum atomic E-state index is -0.782. The molecule has 9 nitrogen and oxygen atoms in total. The lowest BCUT2D eigenvalue weighted by molar-refractivity contribution is -0.00786. The van der Waals surface area contributed by atoms with Crippen molar-refractivity contribution in [2.45, 2.75) is 32.4 Å². The topological polar surface area (TPSA) is 108 Å². The average molecular weight is 418 g/mol. The number of benzene rings is 1. The predicted octanol–water partition coefficient (Wildman–Crippen LogP) is 2.79. The van der Waals surface area contributed by atoms with E-state index in [1.807, 2.05) is 0 Å². The first-order chi connectivity index (χ1) is 13.8. The maximum Gasteiger partial charge on any atom is 0.278 e. The first kappa shape index (κ1) is 19.6. The molecule has 1 atom stereocenters. The van der Waals surface area contributed by atoms with Gasteiger partial charge in [-0.15, -0.1) is 0 Å². The third kappa shape index (κ3) is 3.02. The first-order valence-corrected chi connectivity index (χ1v) is 9.37. The van der Waals surface area contributed by atoms with Crippen LogP contribution in [0.4, 0.5) is 0 Å². The first-order valence-electron chi connectivity index (χ1n) is 9.00. The molecule has 0 fully saturated rings. The van der Waals surface area contributed by atoms with Gasteiger partial charge >= 0.3 is 0 Å². The lowest BCUT2D eigenvalue weighted by Crippen LogP contribution is -2.27. The summed E-state index contributed by atoms with van der Waals surface area (Å²) in [7, 11) is 1.54. The summed E-state index contributed by atoms with van der Waals surface area (Å²) in [4.78, 5) is 22.2. The van der Waals surface area contributed by atoms with Gasteiger partial charge in [0.15, 0.2) is 0 Å². The monoisotopic (exact) mass is 417 g/mol. The molecule has 3 heterocycles. The summed E-state index contributed by atoms with van der Waals surface area (Å²) in [6, 6.07) is 4.75. The number of halogens is 1. The van der Waals surface area contributed by atoms with Gasteiger partial charge in [0, 0.05) is 12.1 Å². The second kappa shape index (κ2) is 6.94. The second-order valence-corrected chi connectivity index (χ2v) is 7.73. The number of ether oxygens (including phenoxy) is 1. The van der Waals surface area contributed by atoms with Crippen LogP contribution in [0.25, 0.3) is 28.1 Å². The maximum absolute atomic E-state index is 13.4. The number of imidazole rings is 1. The number of aliphatic hydroxyl groups excluding tert-OH is 1. The van der Waals surface area contributed by atoms with Crippen LogP contribution in [0.3, 0.4) is 0 Å². The molecule has 1 N–H and O–H groups in total. The van der Waals surface area contributed by atoms with Crippen LogP contribution >= 0.6 is 11.6 Å². The van der Waals surface area contributed by atoms with Crippen molar-refractivity contribution in [2.75, 3.05) is 13.7 Å². The minimum Gasteiger partial charge on any atom is -0.394 e. The van der Waals surface area contributed by atoms with Gasteiger partial charge in [-0.2, -0.15) is 4.98 Å². The van der Waals surface area contributed by atoms with Gasteiger partial charge in [0.1, 0.15) is 23.1 Å². The molecule has 152 valence electrons. The number of aliphatic hydroxyl groups is 1. The Morgan fingerprint density at radius 1 is 1.34 bits per heavy atom. The van der Waals surface area contributed by atoms with Gasteiger partial charge in [-0.3, -0.25) is 13.8 Å². The Morgan fingerprint density at radius 3 is 2.79 bits per heavy atom. The van der Waals surface area contributed by atoms with Crippen LogP contribution in [0.1, 0.15) is 32.7 Å². The lowest BCUT2D eigenvalue weighted by Gasteiger charge is -2.17. The Balaban J connectivity index is 2.04. The Hall–Kier alpha value is -2.75. The molecule has 4 rings (SSSR count). The molecule has 0 amide bonds. The molecular formula is C19H20ClN5O4. The van der Waals surface area contributed by atoms with Gasteiger partial charge in [-0.25, -0.2) is 4.98 Å². The van der Waals surface area contributed by atoms with Crippen LogP contribution < -0.4 is 5.56 Å². The van der Waals surface area contributed by atoms with Crippen LogP contribution in [0.2, 0.25) is 5.02 Å². The van der Waals surface area contributed by atoms with Gasteiger partial charge in [0.25, 0.3) is 11.4 Å². The minimum absolute atomic E-state index is 0.182. The number of rotatable bonds is 5. The molecule has 0 saturated heterocycles. The van der Waals surface area contributed by atoms with E-state index in [0.717, 1.165) is 0 Å². The molecule has 0 bridgehead atoms. The highest BCUT2D eigenvalue weighted by Gasteiger charge is 2.29. The van der Waals surface area contributed by atoms with Crippen LogP contribution in [0, 0.1) is 0 Å². The van der Waals surface area contributed by atoms with Crippen LogP contribution in [0.5, 0.6) is 0 Å². The van der Waals surface area contributed by atoms with E-state index in [0.29, 0.717) is 16.1 Å². The lowest BCUT2D eigenvalue weighted by atomic mass is 10.1. The quantitative estimate of drug-likeness (QED) is 0.531. The Bertz CT molecular complexity index is 1270. The second-order valence-electron chi connectivity index (χ2n) is 7.29. The molecule has 29 heavy (non-hydrogen) atoms. The molecule has 3 aromatic heterocycles. The van der Waals surface area contributed by atoms with E-state index >= 15 is 0 Å². The Kier molecular flexibility index (Phi) is 4.68. The zero-order valence-corrected chi connectivity index (χ0v) is 17.1. The van der Waals surface area contributed by atoms with E-state index < -0.39 is 11.6 Å². The molecule has 0 aliphatic carbocycles. The van der Waals surface area contributed by atoms with E-state index in [4.69, 9.17) is 20.9 Å². The number of fused-ring (bicyclic) bond motifs is 3. The van der Waals surface area contributed by atoms with Gasteiger partial charge in [-0.1, -0.05) is 16.8 Å². The standard InChI is InChI=1S/C19H20ClN5O4/c1-10(8-26)25-13-7-11(20)5-6-12(13)24-9-21-14(15(24)17(25)27)16-22-18(29-23-16)19(2,3)28-4/h5-7,9-10,26H,8H2,1-4H3. The fourth-order valence-electron chi connectivity index (χ4n) is 3.19. The molecule has 0 saturated carbocycles. The van der Waals surface area contributed by atoms with Crippen molar-refractivity contribution in [3.05, 3.63) is 45.8 Å². The Labute approximate surface area is 170 Å². The predicted molar refractivity (Wildman–Crippen MR) is 107 cm³/mol. The summed E-state index contributed by atoms with van der Waals surface area (Å²) in [6.45, 7) is 5.13. The smallest absolute Gasteiger partial charge is 0.278 e. The largest absolute Gasteiger partial charge is 0.394 e. The third-order valence-electron chi connectivity index (χ3n) is 5.01. The van der Waals surface area contributed by atoms with Gasteiger partial charge in [0.2, 0.25) is 5.82 Å². The normalized spacial score (nSPS) is 13.4. The summed E-state index contributed by atoms with van der Waals surface area (Å²) in [5.74, 6) is 0.453. The zero-order chi connectivity index (χ0) is 20.9. The van der Waals surface area contributed by atoms with Crippen LogP contribution in [-0.4, -0.2) is 42.9 Å². The van der Waals surface area contributed by atoms with Crippen molar-refractivity contribution in [3.63, 3.8) is 0 Å². The van der Waals surface area contributed by atoms with Gasteiger partial charge in [0.05, 0.1) is 23.7 Å². The fourth-order valence-corrected chi connectivity index (χ4v) is 3.35. The van der Waals surface area contributed by atoms with E-state index in [1.54, 1.807) is 50.5 Å². The molecule has 0 aliphatic heterocycles. The van der Waals surface area contributed by atoms with Crippen LogP contribution in [-0.2, 0) is 10.3 Å². The molecule has 10 heteroatoms. The third-order valence-corrected chi connectivity index (χ3v) is 5.25. The van der Waals surface area contributed by atoms with Crippen molar-refractivity contribution >= 4 is 28.2 Å². The number of nitrogens with zero attached hydrogens (tertiary/aromatic N) is 5. The van der Waals surface area contributed by atoms with Crippen molar-refractivity contribution in [1.82, 2.24) is 24.1 Å². The van der Waals surface area contributed by atoms with Crippen molar-refractivity contribution in [3.8, 4) is 11.5 Å². The van der Waals surface area contributed by atoms with E-state index in [-0.39, 0.29) is 35.1 Å². The molecule has 1 aromatic carbocycles. The zero-order valence-electron chi connectivity index (χ0n) is 16.4. The molecule has 0 aliphatic rings. The number of hydrogen-bond donors (Lipinski definition) is 1. The molecule has 1 unspecified atom stereocenters. The molecule has 0 spiro atoms. The van der Waals surface area contributed by atoms with Crippen molar-refractivity contribution < 1.29 is 14.4 Å². The fraction of sp³-hybridized carbons (Fsp3) is 0.368. The number of methoxy groups -OCH3 is 1. The highest BCUT2D eigenvalue weighted by atomic mass is 35.5. The summed E-state index contributed by atoms with van der Waals surface area (Å²) in [5.41, 5.74) is 0.746. The summed E-state index contributed by atoms with van der Waals surface area (Å²) in [5, 5.41) is 14.2. The van der Waals surface area contributed by atoms with E-state index in [2.05, 4.69) is 15.1 Å². The SMILES string of the molecule is COC(C)(C)c1nc(-c2ncn3c2c(=O)n(C(C)CO)c2cc(Cl)ccc23)no1. The van der Waals surface area contributed by atoms with Crippen LogP contribution in [0.15, 0.2) is 33.8 Å². The average Bonchev–Trinajstić information content (AvgIpc) is 3.35. The van der Waals surface area contributed by atoms with Crippen molar-refractivity contribution in [1.29, 1.82) is 0 Å². The summed E-state index contributed by atoms with van der Waals surface area (Å²) >= 11 is 6.16. The number of hydrogen-bond acceptors (Lipinski definition) is 7. The molecule has 4 aromatic rings. The van der Waals surface area contributed by atoms with E-state index in [9.17, 15) is 9.90 Å². The highest BCUT2D eigenvalue weighted by molar-refractivity contribution is 6.31.